The highest BCUT2D eigenvalue weighted by molar-refractivity contribution is 7.89. The first-order chi connectivity index (χ1) is 14.4. The zero-order valence-electron chi connectivity index (χ0n) is 15.9. The molecule has 4 aromatic rings. The second-order valence-corrected chi connectivity index (χ2v) is 8.80. The van der Waals surface area contributed by atoms with Gasteiger partial charge in [-0.3, -0.25) is 0 Å². The first-order valence-corrected chi connectivity index (χ1v) is 10.9. The van der Waals surface area contributed by atoms with E-state index in [2.05, 4.69) is 14.7 Å². The van der Waals surface area contributed by atoms with Crippen molar-refractivity contribution in [3.63, 3.8) is 0 Å². The van der Waals surface area contributed by atoms with E-state index in [0.29, 0.717) is 22.5 Å². The fourth-order valence-corrected chi connectivity index (χ4v) is 4.27. The number of rotatable bonds is 5. The Balaban J connectivity index is 1.73. The number of benzene rings is 3. The van der Waals surface area contributed by atoms with E-state index in [1.165, 1.54) is 13.1 Å². The standard InChI is InChI=1S/C22H17ClFN3O2S/c1-25-30(28,29)20-8-3-2-6-16(20)15-9-11-18-19(13-15)27-21(26-18)12-10-14-5-4-7-17(23)22(14)24/h2-13,25H,1H3,(H,26,27)/b12-10+. The largest absolute Gasteiger partial charge is 0.338 e. The summed E-state index contributed by atoms with van der Waals surface area (Å²) in [6.07, 6.45) is 3.25. The third kappa shape index (κ3) is 3.87. The number of imidazole rings is 1. The molecule has 1 aromatic heterocycles. The molecule has 2 N–H and O–H groups in total. The van der Waals surface area contributed by atoms with Crippen molar-refractivity contribution in [2.75, 3.05) is 7.05 Å². The van der Waals surface area contributed by atoms with E-state index in [4.69, 9.17) is 11.6 Å². The minimum Gasteiger partial charge on any atom is -0.338 e. The molecule has 0 fully saturated rings. The number of nitrogens with zero attached hydrogens (tertiary/aromatic N) is 1. The Morgan fingerprint density at radius 2 is 1.87 bits per heavy atom. The van der Waals surface area contributed by atoms with Crippen LogP contribution < -0.4 is 4.72 Å². The lowest BCUT2D eigenvalue weighted by atomic mass is 10.1. The van der Waals surface area contributed by atoms with Crippen LogP contribution in [0.1, 0.15) is 11.4 Å². The molecule has 0 bridgehead atoms. The normalized spacial score (nSPS) is 12.1. The molecule has 0 spiro atoms. The van der Waals surface area contributed by atoms with Gasteiger partial charge in [0, 0.05) is 11.1 Å². The van der Waals surface area contributed by atoms with Gasteiger partial charge >= 0.3 is 0 Å². The van der Waals surface area contributed by atoms with Crippen molar-refractivity contribution in [1.82, 2.24) is 14.7 Å². The van der Waals surface area contributed by atoms with E-state index in [-0.39, 0.29) is 9.92 Å². The van der Waals surface area contributed by atoms with E-state index in [1.54, 1.807) is 48.6 Å². The summed E-state index contributed by atoms with van der Waals surface area (Å²) in [5.74, 6) is 0.0498. The second kappa shape index (κ2) is 8.02. The molecule has 4 rings (SSSR count). The van der Waals surface area contributed by atoms with Gasteiger partial charge in [0.05, 0.1) is 21.0 Å². The minimum atomic E-state index is -3.61. The summed E-state index contributed by atoms with van der Waals surface area (Å²) in [6, 6.07) is 17.0. The zero-order valence-corrected chi connectivity index (χ0v) is 17.4. The van der Waals surface area contributed by atoms with Crippen LogP contribution in [0.2, 0.25) is 5.02 Å². The fourth-order valence-electron chi connectivity index (χ4n) is 3.14. The van der Waals surface area contributed by atoms with Gasteiger partial charge < -0.3 is 4.98 Å². The number of sulfonamides is 1. The predicted octanol–water partition coefficient (Wildman–Crippen LogP) is 5.10. The predicted molar refractivity (Wildman–Crippen MR) is 118 cm³/mol. The molecule has 1 heterocycles. The molecular formula is C22H17ClFN3O2S. The molecule has 152 valence electrons. The van der Waals surface area contributed by atoms with E-state index in [0.717, 1.165) is 11.1 Å². The molecule has 0 atom stereocenters. The Labute approximate surface area is 178 Å². The van der Waals surface area contributed by atoms with Gasteiger partial charge in [-0.05, 0) is 49.0 Å². The van der Waals surface area contributed by atoms with Crippen LogP contribution in [-0.2, 0) is 10.0 Å². The van der Waals surface area contributed by atoms with E-state index in [1.807, 2.05) is 18.2 Å². The summed E-state index contributed by atoms with van der Waals surface area (Å²) < 4.78 is 41.1. The summed E-state index contributed by atoms with van der Waals surface area (Å²) in [6.45, 7) is 0. The average Bonchev–Trinajstić information content (AvgIpc) is 3.17. The van der Waals surface area contributed by atoms with Gasteiger partial charge in [0.2, 0.25) is 10.0 Å². The topological polar surface area (TPSA) is 74.8 Å². The van der Waals surface area contributed by atoms with E-state index in [9.17, 15) is 12.8 Å². The van der Waals surface area contributed by atoms with Crippen LogP contribution in [-0.4, -0.2) is 25.4 Å². The maximum absolute atomic E-state index is 14.0. The number of halogens is 2. The number of nitrogens with one attached hydrogen (secondary N) is 2. The van der Waals surface area contributed by atoms with Gasteiger partial charge in [0.15, 0.2) is 0 Å². The Morgan fingerprint density at radius 1 is 1.07 bits per heavy atom. The lowest BCUT2D eigenvalue weighted by molar-refractivity contribution is 0.588. The molecule has 0 aliphatic carbocycles. The Morgan fingerprint density at radius 3 is 2.67 bits per heavy atom. The third-order valence-electron chi connectivity index (χ3n) is 4.66. The number of hydrogen-bond donors (Lipinski definition) is 2. The number of aromatic amines is 1. The maximum atomic E-state index is 14.0. The second-order valence-electron chi connectivity index (χ2n) is 6.53. The Kier molecular flexibility index (Phi) is 5.42. The molecule has 0 saturated heterocycles. The highest BCUT2D eigenvalue weighted by atomic mass is 35.5. The molecule has 5 nitrogen and oxygen atoms in total. The van der Waals surface area contributed by atoms with Crippen LogP contribution in [0.5, 0.6) is 0 Å². The minimum absolute atomic E-state index is 0.0570. The first kappa shape index (κ1) is 20.3. The number of fused-ring (bicyclic) bond motifs is 1. The number of hydrogen-bond acceptors (Lipinski definition) is 3. The van der Waals surface area contributed by atoms with Gasteiger partial charge in [-0.25, -0.2) is 22.5 Å². The summed E-state index contributed by atoms with van der Waals surface area (Å²) in [7, 11) is -2.23. The van der Waals surface area contributed by atoms with Crippen LogP contribution in [0, 0.1) is 5.82 Å². The van der Waals surface area contributed by atoms with Crippen LogP contribution in [0.4, 0.5) is 4.39 Å². The average molecular weight is 442 g/mol. The van der Waals surface area contributed by atoms with Crippen molar-refractivity contribution in [2.24, 2.45) is 0 Å². The molecule has 0 radical (unpaired) electrons. The molecule has 0 saturated carbocycles. The molecule has 30 heavy (non-hydrogen) atoms. The third-order valence-corrected chi connectivity index (χ3v) is 6.42. The maximum Gasteiger partial charge on any atom is 0.240 e. The molecule has 0 unspecified atom stereocenters. The monoisotopic (exact) mass is 441 g/mol. The summed E-state index contributed by atoms with van der Waals surface area (Å²) in [5.41, 5.74) is 3.10. The van der Waals surface area contributed by atoms with Crippen molar-refractivity contribution in [2.45, 2.75) is 4.90 Å². The number of H-pyrrole nitrogens is 1. The Bertz CT molecular complexity index is 1380. The van der Waals surface area contributed by atoms with Crippen LogP contribution in [0.3, 0.4) is 0 Å². The van der Waals surface area contributed by atoms with Crippen LogP contribution in [0.25, 0.3) is 34.3 Å². The highest BCUT2D eigenvalue weighted by Gasteiger charge is 2.17. The fraction of sp³-hybridized carbons (Fsp3) is 0.0455. The van der Waals surface area contributed by atoms with E-state index >= 15 is 0 Å². The number of aromatic nitrogens is 2. The lowest BCUT2D eigenvalue weighted by Crippen LogP contribution is -2.19. The van der Waals surface area contributed by atoms with Crippen molar-refractivity contribution in [3.8, 4) is 11.1 Å². The summed E-state index contributed by atoms with van der Waals surface area (Å²) in [5, 5.41) is 0.0570. The van der Waals surface area contributed by atoms with Crippen LogP contribution in [0.15, 0.2) is 65.6 Å². The quantitative estimate of drug-likeness (QED) is 0.452. The smallest absolute Gasteiger partial charge is 0.240 e. The van der Waals surface area contributed by atoms with Gasteiger partial charge in [-0.1, -0.05) is 48.0 Å². The molecule has 8 heteroatoms. The molecule has 0 aliphatic rings. The van der Waals surface area contributed by atoms with Gasteiger partial charge in [0.25, 0.3) is 0 Å². The van der Waals surface area contributed by atoms with E-state index < -0.39 is 15.8 Å². The van der Waals surface area contributed by atoms with Crippen LogP contribution >= 0.6 is 11.6 Å². The molecule has 3 aromatic carbocycles. The van der Waals surface area contributed by atoms with Crippen molar-refractivity contribution in [3.05, 3.63) is 82.9 Å². The Hall–Kier alpha value is -3.00. The molecular weight excluding hydrogens is 425 g/mol. The van der Waals surface area contributed by atoms with Crippen molar-refractivity contribution >= 4 is 44.8 Å². The SMILES string of the molecule is CNS(=O)(=O)c1ccccc1-c1ccc2[nH]c(/C=C/c3cccc(Cl)c3F)nc2c1. The lowest BCUT2D eigenvalue weighted by Gasteiger charge is -2.09. The summed E-state index contributed by atoms with van der Waals surface area (Å²) in [4.78, 5) is 7.86. The molecule has 0 amide bonds. The van der Waals surface area contributed by atoms with Crippen molar-refractivity contribution < 1.29 is 12.8 Å². The first-order valence-electron chi connectivity index (χ1n) is 9.04. The van der Waals surface area contributed by atoms with Gasteiger partial charge in [0.1, 0.15) is 11.6 Å². The van der Waals surface area contributed by atoms with Crippen molar-refractivity contribution in [1.29, 1.82) is 0 Å². The molecule has 0 aliphatic heterocycles. The van der Waals surface area contributed by atoms with Gasteiger partial charge in [-0.15, -0.1) is 0 Å². The van der Waals surface area contributed by atoms with Gasteiger partial charge in [-0.2, -0.15) is 0 Å². The highest BCUT2D eigenvalue weighted by Crippen LogP contribution is 2.29. The summed E-state index contributed by atoms with van der Waals surface area (Å²) >= 11 is 5.81. The zero-order chi connectivity index (χ0) is 21.3.